The van der Waals surface area contributed by atoms with Gasteiger partial charge in [0.2, 0.25) is 0 Å². The van der Waals surface area contributed by atoms with Gasteiger partial charge in [-0.25, -0.2) is 4.98 Å². The first-order valence-corrected chi connectivity index (χ1v) is 13.1. The van der Waals surface area contributed by atoms with Crippen LogP contribution in [0.25, 0.3) is 10.9 Å². The van der Waals surface area contributed by atoms with E-state index < -0.39 is 12.1 Å². The van der Waals surface area contributed by atoms with Gasteiger partial charge in [0.15, 0.2) is 5.16 Å². The number of aromatic nitrogens is 3. The maximum absolute atomic E-state index is 11.6. The van der Waals surface area contributed by atoms with Gasteiger partial charge in [0.05, 0.1) is 18.7 Å². The molecule has 3 aromatic rings. The number of methoxy groups -OCH3 is 1. The lowest BCUT2D eigenvalue weighted by Gasteiger charge is -2.38. The second-order valence-corrected chi connectivity index (χ2v) is 10.3. The van der Waals surface area contributed by atoms with Crippen molar-refractivity contribution in [3.63, 3.8) is 0 Å². The van der Waals surface area contributed by atoms with Gasteiger partial charge in [0.1, 0.15) is 5.75 Å². The van der Waals surface area contributed by atoms with Crippen LogP contribution in [-0.2, 0) is 11.8 Å². The third-order valence-corrected chi connectivity index (χ3v) is 8.02. The Kier molecular flexibility index (Phi) is 8.64. The van der Waals surface area contributed by atoms with Gasteiger partial charge in [-0.15, -0.1) is 0 Å². The van der Waals surface area contributed by atoms with Crippen molar-refractivity contribution in [3.8, 4) is 5.75 Å². The number of aryl methyl sites for hydroxylation is 1. The van der Waals surface area contributed by atoms with E-state index in [4.69, 9.17) is 4.74 Å². The quantitative estimate of drug-likeness (QED) is 0.383. The molecular weight excluding hydrogens is 464 g/mol. The summed E-state index contributed by atoms with van der Waals surface area (Å²) in [4.78, 5) is 22.7. The van der Waals surface area contributed by atoms with E-state index in [0.717, 1.165) is 65.6 Å². The van der Waals surface area contributed by atoms with Gasteiger partial charge < -0.3 is 24.4 Å². The number of nitrogens with zero attached hydrogens (tertiary/aromatic N) is 4. The number of carboxylic acid groups (broad SMARTS) is 1. The molecule has 1 aliphatic rings. The van der Waals surface area contributed by atoms with Crippen LogP contribution in [0.1, 0.15) is 37.4 Å². The van der Waals surface area contributed by atoms with Gasteiger partial charge in [-0.2, -0.15) is 0 Å². The maximum Gasteiger partial charge on any atom is 0.303 e. The largest absolute Gasteiger partial charge is 0.497 e. The predicted octanol–water partition coefficient (Wildman–Crippen LogP) is 4.00. The van der Waals surface area contributed by atoms with Gasteiger partial charge in [0.25, 0.3) is 0 Å². The SMILES string of the molecule is COc1ccc2nccc([C@H](O)CC[C@@H]3CCN(CCSc4nccn4C)C[C@@H]3CC(=O)O)c2c1. The van der Waals surface area contributed by atoms with E-state index >= 15 is 0 Å². The Balaban J connectivity index is 1.35. The van der Waals surface area contributed by atoms with Crippen LogP contribution in [0.4, 0.5) is 0 Å². The maximum atomic E-state index is 11.6. The fraction of sp³-hybridized carbons (Fsp3) is 0.500. The molecule has 35 heavy (non-hydrogen) atoms. The fourth-order valence-electron chi connectivity index (χ4n) is 5.04. The van der Waals surface area contributed by atoms with Gasteiger partial charge in [-0.1, -0.05) is 11.8 Å². The minimum atomic E-state index is -0.753. The Bertz CT molecular complexity index is 1140. The number of carbonyl (C=O) groups is 1. The van der Waals surface area contributed by atoms with E-state index in [2.05, 4.69) is 14.9 Å². The number of piperidine rings is 1. The van der Waals surface area contributed by atoms with Crippen molar-refractivity contribution in [2.75, 3.05) is 32.5 Å². The molecule has 9 heteroatoms. The Morgan fingerprint density at radius 3 is 2.86 bits per heavy atom. The number of aliphatic carboxylic acids is 1. The summed E-state index contributed by atoms with van der Waals surface area (Å²) in [6, 6.07) is 7.54. The molecule has 188 valence electrons. The number of carboxylic acids is 1. The van der Waals surface area contributed by atoms with Crippen molar-refractivity contribution in [2.24, 2.45) is 18.9 Å². The van der Waals surface area contributed by atoms with Crippen LogP contribution >= 0.6 is 11.8 Å². The summed E-state index contributed by atoms with van der Waals surface area (Å²) in [5, 5.41) is 22.5. The number of benzene rings is 1. The normalized spacial score (nSPS) is 19.6. The second kappa shape index (κ2) is 11.9. The van der Waals surface area contributed by atoms with Gasteiger partial charge in [-0.3, -0.25) is 9.78 Å². The molecule has 0 bridgehead atoms. The summed E-state index contributed by atoms with van der Waals surface area (Å²) in [5.41, 5.74) is 1.66. The van der Waals surface area contributed by atoms with Crippen molar-refractivity contribution >= 4 is 28.6 Å². The summed E-state index contributed by atoms with van der Waals surface area (Å²) in [6.07, 6.45) is 7.33. The number of likely N-dealkylation sites (tertiary alicyclic amines) is 1. The molecule has 2 aromatic heterocycles. The molecule has 1 aromatic carbocycles. The number of thioether (sulfide) groups is 1. The smallest absolute Gasteiger partial charge is 0.303 e. The van der Waals surface area contributed by atoms with Crippen LogP contribution in [0.2, 0.25) is 0 Å². The van der Waals surface area contributed by atoms with Crippen LogP contribution in [0.15, 0.2) is 48.0 Å². The molecule has 0 unspecified atom stereocenters. The van der Waals surface area contributed by atoms with Gasteiger partial charge in [0, 0.05) is 56.3 Å². The highest BCUT2D eigenvalue weighted by Crippen LogP contribution is 2.35. The van der Waals surface area contributed by atoms with E-state index in [0.29, 0.717) is 6.42 Å². The summed E-state index contributed by atoms with van der Waals surface area (Å²) in [5.74, 6) is 1.26. The minimum Gasteiger partial charge on any atom is -0.497 e. The summed E-state index contributed by atoms with van der Waals surface area (Å²) >= 11 is 1.73. The Morgan fingerprint density at radius 2 is 2.11 bits per heavy atom. The zero-order chi connectivity index (χ0) is 24.8. The van der Waals surface area contributed by atoms with E-state index in [1.807, 2.05) is 42.1 Å². The molecule has 4 rings (SSSR count). The number of aliphatic hydroxyl groups excluding tert-OH is 1. The van der Waals surface area contributed by atoms with Crippen molar-refractivity contribution in [1.29, 1.82) is 0 Å². The minimum absolute atomic E-state index is 0.0842. The van der Waals surface area contributed by atoms with E-state index in [1.54, 1.807) is 31.3 Å². The molecular formula is C26H34N4O4S. The van der Waals surface area contributed by atoms with Crippen molar-refractivity contribution in [1.82, 2.24) is 19.4 Å². The first-order valence-electron chi connectivity index (χ1n) is 12.1. The van der Waals surface area contributed by atoms with Crippen LogP contribution in [-0.4, -0.2) is 68.1 Å². The Labute approximate surface area is 210 Å². The number of fused-ring (bicyclic) bond motifs is 1. The molecule has 0 aliphatic carbocycles. The van der Waals surface area contributed by atoms with Crippen LogP contribution in [0.5, 0.6) is 5.75 Å². The monoisotopic (exact) mass is 498 g/mol. The molecule has 8 nitrogen and oxygen atoms in total. The molecule has 0 radical (unpaired) electrons. The zero-order valence-electron chi connectivity index (χ0n) is 20.3. The Hall–Kier alpha value is -2.62. The lowest BCUT2D eigenvalue weighted by atomic mass is 9.79. The number of ether oxygens (including phenoxy) is 1. The van der Waals surface area contributed by atoms with E-state index in [-0.39, 0.29) is 18.3 Å². The molecule has 0 amide bonds. The molecule has 3 atom stereocenters. The topological polar surface area (TPSA) is 101 Å². The highest BCUT2D eigenvalue weighted by molar-refractivity contribution is 7.99. The molecule has 1 saturated heterocycles. The lowest BCUT2D eigenvalue weighted by molar-refractivity contribution is -0.139. The van der Waals surface area contributed by atoms with Gasteiger partial charge >= 0.3 is 5.97 Å². The third-order valence-electron chi connectivity index (χ3n) is 6.98. The molecule has 1 fully saturated rings. The van der Waals surface area contributed by atoms with Crippen molar-refractivity contribution in [2.45, 2.75) is 36.9 Å². The number of hydrogen-bond donors (Lipinski definition) is 2. The fourth-order valence-corrected chi connectivity index (χ4v) is 5.98. The lowest BCUT2D eigenvalue weighted by Crippen LogP contribution is -2.42. The van der Waals surface area contributed by atoms with Crippen LogP contribution < -0.4 is 4.74 Å². The number of rotatable bonds is 11. The van der Waals surface area contributed by atoms with Crippen LogP contribution in [0, 0.1) is 11.8 Å². The summed E-state index contributed by atoms with van der Waals surface area (Å²) < 4.78 is 7.36. The van der Waals surface area contributed by atoms with Gasteiger partial charge in [-0.05, 0) is 67.5 Å². The van der Waals surface area contributed by atoms with E-state index in [9.17, 15) is 15.0 Å². The highest BCUT2D eigenvalue weighted by Gasteiger charge is 2.31. The molecule has 1 aliphatic heterocycles. The summed E-state index contributed by atoms with van der Waals surface area (Å²) in [6.45, 7) is 2.64. The predicted molar refractivity (Wildman–Crippen MR) is 137 cm³/mol. The molecule has 3 heterocycles. The Morgan fingerprint density at radius 1 is 1.26 bits per heavy atom. The number of hydrogen-bond acceptors (Lipinski definition) is 7. The first-order chi connectivity index (χ1) is 16.9. The summed E-state index contributed by atoms with van der Waals surface area (Å²) in [7, 11) is 3.61. The number of imidazole rings is 1. The van der Waals surface area contributed by atoms with Crippen LogP contribution in [0.3, 0.4) is 0 Å². The van der Waals surface area contributed by atoms with E-state index in [1.165, 1.54) is 0 Å². The number of pyridine rings is 1. The van der Waals surface area contributed by atoms with Crippen molar-refractivity contribution < 1.29 is 19.7 Å². The highest BCUT2D eigenvalue weighted by atomic mass is 32.2. The number of aliphatic hydroxyl groups is 1. The third kappa shape index (κ3) is 6.54. The molecule has 0 spiro atoms. The first kappa shape index (κ1) is 25.5. The standard InChI is InChI=1S/C26H34N4O4S/c1-29-12-10-28-26(29)35-14-13-30-11-8-18(19(17-30)15-25(32)33)3-6-24(31)21-7-9-27-23-5-4-20(34-2)16-22(21)23/h4-5,7,9-10,12,16,18-19,24,31H,3,6,8,11,13-15,17H2,1-2H3,(H,32,33)/t18-,19+,24-/m1/s1. The average Bonchev–Trinajstić information content (AvgIpc) is 3.26. The molecule has 0 saturated carbocycles. The average molecular weight is 499 g/mol. The van der Waals surface area contributed by atoms with Crippen molar-refractivity contribution in [3.05, 3.63) is 48.4 Å². The zero-order valence-corrected chi connectivity index (χ0v) is 21.2. The second-order valence-electron chi connectivity index (χ2n) is 9.25. The molecule has 2 N–H and O–H groups in total.